The molecule has 2 heterocycles. The molecule has 4 heteroatoms. The molecule has 24 heavy (non-hydrogen) atoms. The monoisotopic (exact) mass is 331 g/mol. The van der Waals surface area contributed by atoms with Crippen LogP contribution in [0.25, 0.3) is 0 Å². The van der Waals surface area contributed by atoms with E-state index in [2.05, 4.69) is 32.9 Å². The number of hydrogen-bond donors (Lipinski definition) is 1. The Morgan fingerprint density at radius 1 is 1.25 bits per heavy atom. The third-order valence-corrected chi connectivity index (χ3v) is 5.64. The first kappa shape index (κ1) is 17.4. The molecule has 2 aliphatic heterocycles. The third kappa shape index (κ3) is 3.50. The van der Waals surface area contributed by atoms with Crippen LogP contribution in [-0.2, 0) is 16.0 Å². The highest BCUT2D eigenvalue weighted by atomic mass is 16.5. The van der Waals surface area contributed by atoms with E-state index >= 15 is 0 Å². The summed E-state index contributed by atoms with van der Waals surface area (Å²) < 4.78 is 5.56. The average molecular weight is 331 g/mol. The normalized spacial score (nSPS) is 27.5. The van der Waals surface area contributed by atoms with E-state index in [1.54, 1.807) is 0 Å². The van der Waals surface area contributed by atoms with E-state index < -0.39 is 0 Å². The predicted octanol–water partition coefficient (Wildman–Crippen LogP) is 2.54. The van der Waals surface area contributed by atoms with Gasteiger partial charge in [-0.3, -0.25) is 4.79 Å². The second kappa shape index (κ2) is 7.24. The highest BCUT2D eigenvalue weighted by Crippen LogP contribution is 2.30. The van der Waals surface area contributed by atoms with Crippen LogP contribution in [0.15, 0.2) is 12.1 Å². The largest absolute Gasteiger partial charge is 0.393 e. The molecule has 1 aromatic rings. The molecular weight excluding hydrogens is 302 g/mol. The summed E-state index contributed by atoms with van der Waals surface area (Å²) in [5.74, 6) is 0.246. The molecule has 4 nitrogen and oxygen atoms in total. The van der Waals surface area contributed by atoms with Crippen LogP contribution in [0.2, 0.25) is 0 Å². The Balaban J connectivity index is 1.74. The second-order valence-corrected chi connectivity index (χ2v) is 7.45. The van der Waals surface area contributed by atoms with Crippen LogP contribution in [0.5, 0.6) is 0 Å². The van der Waals surface area contributed by atoms with Gasteiger partial charge in [-0.2, -0.15) is 0 Å². The number of ether oxygens (including phenoxy) is 1. The Bertz CT molecular complexity index is 590. The second-order valence-electron chi connectivity index (χ2n) is 7.45. The molecule has 3 rings (SSSR count). The fourth-order valence-electron chi connectivity index (χ4n) is 4.40. The zero-order valence-corrected chi connectivity index (χ0v) is 15.0. The van der Waals surface area contributed by atoms with Crippen LogP contribution < -0.4 is 0 Å². The van der Waals surface area contributed by atoms with Crippen molar-refractivity contribution in [2.45, 2.75) is 58.6 Å². The number of aryl methyl sites for hydroxylation is 3. The number of benzene rings is 1. The number of hydrogen-bond acceptors (Lipinski definition) is 3. The highest BCUT2D eigenvalue weighted by Gasteiger charge is 2.39. The van der Waals surface area contributed by atoms with Crippen molar-refractivity contribution in [3.8, 4) is 0 Å². The van der Waals surface area contributed by atoms with Gasteiger partial charge in [0.1, 0.15) is 0 Å². The maximum absolute atomic E-state index is 13.0. The number of aliphatic hydroxyl groups is 1. The van der Waals surface area contributed by atoms with E-state index in [0.717, 1.165) is 24.9 Å². The molecule has 2 saturated heterocycles. The summed E-state index contributed by atoms with van der Waals surface area (Å²) in [5, 5.41) is 10.3. The van der Waals surface area contributed by atoms with E-state index in [9.17, 15) is 9.90 Å². The number of carbonyl (C=O) groups is 1. The molecule has 1 amide bonds. The molecule has 2 fully saturated rings. The molecule has 0 spiro atoms. The summed E-state index contributed by atoms with van der Waals surface area (Å²) in [7, 11) is 0. The molecule has 0 aromatic heterocycles. The van der Waals surface area contributed by atoms with Crippen molar-refractivity contribution >= 4 is 5.91 Å². The summed E-state index contributed by atoms with van der Waals surface area (Å²) in [5.41, 5.74) is 4.77. The van der Waals surface area contributed by atoms with Gasteiger partial charge in [-0.15, -0.1) is 0 Å². The van der Waals surface area contributed by atoms with Gasteiger partial charge in [0.25, 0.3) is 0 Å². The number of nitrogens with zero attached hydrogens (tertiary/aromatic N) is 1. The van der Waals surface area contributed by atoms with E-state index in [-0.39, 0.29) is 24.0 Å². The predicted molar refractivity (Wildman–Crippen MR) is 94.0 cm³/mol. The Labute approximate surface area is 144 Å². The van der Waals surface area contributed by atoms with E-state index in [1.165, 1.54) is 16.7 Å². The Hall–Kier alpha value is -1.39. The lowest BCUT2D eigenvalue weighted by Crippen LogP contribution is -2.48. The summed E-state index contributed by atoms with van der Waals surface area (Å²) in [6, 6.07) is 4.42. The van der Waals surface area contributed by atoms with Crippen molar-refractivity contribution < 1.29 is 14.6 Å². The molecule has 0 aliphatic carbocycles. The number of aliphatic hydroxyl groups excluding tert-OH is 1. The van der Waals surface area contributed by atoms with Gasteiger partial charge in [0.05, 0.1) is 19.1 Å². The molecule has 0 bridgehead atoms. The number of rotatable bonds is 3. The van der Waals surface area contributed by atoms with Crippen LogP contribution >= 0.6 is 0 Å². The highest BCUT2D eigenvalue weighted by molar-refractivity contribution is 5.80. The van der Waals surface area contributed by atoms with Crippen LogP contribution in [0.4, 0.5) is 0 Å². The molecule has 0 radical (unpaired) electrons. The van der Waals surface area contributed by atoms with Crippen molar-refractivity contribution in [1.29, 1.82) is 0 Å². The van der Waals surface area contributed by atoms with Gasteiger partial charge in [-0.25, -0.2) is 0 Å². The topological polar surface area (TPSA) is 49.8 Å². The summed E-state index contributed by atoms with van der Waals surface area (Å²) in [6.07, 6.45) is 2.78. The Kier molecular flexibility index (Phi) is 5.26. The quantitative estimate of drug-likeness (QED) is 0.926. The van der Waals surface area contributed by atoms with Crippen molar-refractivity contribution in [2.75, 3.05) is 19.8 Å². The molecule has 1 aromatic carbocycles. The lowest BCUT2D eigenvalue weighted by molar-refractivity contribution is -0.135. The molecule has 1 N–H and O–H groups in total. The zero-order valence-electron chi connectivity index (χ0n) is 15.0. The van der Waals surface area contributed by atoms with Crippen LogP contribution in [-0.4, -0.2) is 47.8 Å². The summed E-state index contributed by atoms with van der Waals surface area (Å²) in [4.78, 5) is 15.0. The average Bonchev–Trinajstić information content (AvgIpc) is 3.00. The lowest BCUT2D eigenvalue weighted by atomic mass is 9.89. The standard InChI is InChI=1S/C20H29NO3/c1-13-9-14(2)16(15(3)10-13)11-20(23)21-7-4-5-18(21)17-12-24-8-6-19(17)22/h9-10,17-19,22H,4-8,11-12H2,1-3H3/t17-,18-,19+/m1/s1. The molecule has 3 atom stereocenters. The van der Waals surface area contributed by atoms with Crippen molar-refractivity contribution in [3.63, 3.8) is 0 Å². The molecule has 132 valence electrons. The van der Waals surface area contributed by atoms with E-state index in [1.807, 2.05) is 4.90 Å². The SMILES string of the molecule is Cc1cc(C)c(CC(=O)N2CCC[C@@H]2[C@H]2COCC[C@@H]2O)c(C)c1. The van der Waals surface area contributed by atoms with Crippen molar-refractivity contribution in [1.82, 2.24) is 4.90 Å². The first-order valence-corrected chi connectivity index (χ1v) is 9.09. The fraction of sp³-hybridized carbons (Fsp3) is 0.650. The number of amides is 1. The first-order valence-electron chi connectivity index (χ1n) is 9.09. The van der Waals surface area contributed by atoms with E-state index in [4.69, 9.17) is 4.74 Å². The lowest BCUT2D eigenvalue weighted by Gasteiger charge is -2.37. The Morgan fingerprint density at radius 2 is 1.96 bits per heavy atom. The minimum atomic E-state index is -0.347. The van der Waals surface area contributed by atoms with Crippen LogP contribution in [0.1, 0.15) is 41.5 Å². The van der Waals surface area contributed by atoms with Crippen LogP contribution in [0.3, 0.4) is 0 Å². The third-order valence-electron chi connectivity index (χ3n) is 5.64. The number of likely N-dealkylation sites (tertiary alicyclic amines) is 1. The molecule has 0 saturated carbocycles. The maximum Gasteiger partial charge on any atom is 0.227 e. The summed E-state index contributed by atoms with van der Waals surface area (Å²) in [6.45, 7) is 8.26. The maximum atomic E-state index is 13.0. The minimum absolute atomic E-state index is 0.0606. The first-order chi connectivity index (χ1) is 11.5. The van der Waals surface area contributed by atoms with Crippen molar-refractivity contribution in [3.05, 3.63) is 34.4 Å². The van der Waals surface area contributed by atoms with E-state index in [0.29, 0.717) is 26.1 Å². The molecular formula is C20H29NO3. The Morgan fingerprint density at radius 3 is 2.62 bits per heavy atom. The minimum Gasteiger partial charge on any atom is -0.393 e. The summed E-state index contributed by atoms with van der Waals surface area (Å²) >= 11 is 0. The van der Waals surface area contributed by atoms with Gasteiger partial charge in [0.2, 0.25) is 5.91 Å². The van der Waals surface area contributed by atoms with Gasteiger partial charge in [-0.1, -0.05) is 17.7 Å². The van der Waals surface area contributed by atoms with Gasteiger partial charge < -0.3 is 14.7 Å². The van der Waals surface area contributed by atoms with Crippen molar-refractivity contribution in [2.24, 2.45) is 5.92 Å². The molecule has 0 unspecified atom stereocenters. The van der Waals surface area contributed by atoms with Crippen LogP contribution in [0, 0.1) is 26.7 Å². The fourth-order valence-corrected chi connectivity index (χ4v) is 4.40. The zero-order chi connectivity index (χ0) is 17.3. The van der Waals surface area contributed by atoms with Gasteiger partial charge in [0.15, 0.2) is 0 Å². The number of carbonyl (C=O) groups excluding carboxylic acids is 1. The molecule has 2 aliphatic rings. The van der Waals surface area contributed by atoms with Gasteiger partial charge in [-0.05, 0) is 56.7 Å². The smallest absolute Gasteiger partial charge is 0.227 e. The van der Waals surface area contributed by atoms with Gasteiger partial charge >= 0.3 is 0 Å². The van der Waals surface area contributed by atoms with Gasteiger partial charge in [0, 0.05) is 25.1 Å².